The molecule has 1 fully saturated rings. The van der Waals surface area contributed by atoms with Crippen molar-refractivity contribution in [2.24, 2.45) is 0 Å². The number of aromatic nitrogens is 1. The van der Waals surface area contributed by atoms with Crippen LogP contribution in [0.5, 0.6) is 11.5 Å². The van der Waals surface area contributed by atoms with Crippen molar-refractivity contribution in [2.45, 2.75) is 38.3 Å². The first-order chi connectivity index (χ1) is 17.7. The van der Waals surface area contributed by atoms with Crippen LogP contribution in [0.25, 0.3) is 0 Å². The number of amides is 1. The number of β-amino-alcohol motifs (C(OH)–C–C–N with tert-alkyl or cyclic N) is 1. The standard InChI is InChI=1S/C29H36N4O4/c1-29(2,31-20-26(36)23-16-24(34)18-25(35)17-23)19-22-7-5-6-21(14-22)15-28(37)33-12-10-32(11-13-33)27-8-3-4-9-30-27/h3-9,14,16-18,26,31,34-36H,10-13,15,19-20H2,1-2H3. The number of phenols is 2. The van der Waals surface area contributed by atoms with Crippen molar-refractivity contribution >= 4 is 11.7 Å². The number of anilines is 1. The van der Waals surface area contributed by atoms with Crippen LogP contribution in [0.4, 0.5) is 5.82 Å². The topological polar surface area (TPSA) is 109 Å². The highest BCUT2D eigenvalue weighted by atomic mass is 16.3. The molecule has 196 valence electrons. The zero-order valence-electron chi connectivity index (χ0n) is 21.5. The fourth-order valence-corrected chi connectivity index (χ4v) is 4.74. The molecule has 1 aromatic heterocycles. The van der Waals surface area contributed by atoms with Gasteiger partial charge in [-0.15, -0.1) is 0 Å². The Hall–Kier alpha value is -3.62. The van der Waals surface area contributed by atoms with Gasteiger partial charge in [-0.2, -0.15) is 0 Å². The van der Waals surface area contributed by atoms with Crippen LogP contribution in [-0.4, -0.2) is 69.4 Å². The summed E-state index contributed by atoms with van der Waals surface area (Å²) in [6.45, 7) is 7.29. The summed E-state index contributed by atoms with van der Waals surface area (Å²) in [5, 5.41) is 33.2. The maximum Gasteiger partial charge on any atom is 0.227 e. The van der Waals surface area contributed by atoms with Crippen molar-refractivity contribution in [1.29, 1.82) is 0 Å². The molecule has 1 aliphatic heterocycles. The van der Waals surface area contributed by atoms with Gasteiger partial charge in [0, 0.05) is 50.5 Å². The average molecular weight is 505 g/mol. The highest BCUT2D eigenvalue weighted by Crippen LogP contribution is 2.25. The van der Waals surface area contributed by atoms with E-state index in [0.29, 0.717) is 31.5 Å². The third kappa shape index (κ3) is 7.44. The molecule has 4 rings (SSSR count). The molecule has 2 heterocycles. The van der Waals surface area contributed by atoms with Crippen LogP contribution < -0.4 is 10.2 Å². The van der Waals surface area contributed by atoms with E-state index < -0.39 is 6.10 Å². The van der Waals surface area contributed by atoms with E-state index in [4.69, 9.17) is 0 Å². The second-order valence-electron chi connectivity index (χ2n) is 10.3. The number of carbonyl (C=O) groups is 1. The van der Waals surface area contributed by atoms with E-state index in [-0.39, 0.29) is 29.5 Å². The molecule has 1 aliphatic rings. The number of benzene rings is 2. The van der Waals surface area contributed by atoms with E-state index in [1.165, 1.54) is 18.2 Å². The normalized spacial score (nSPS) is 15.0. The molecule has 4 N–H and O–H groups in total. The lowest BCUT2D eigenvalue weighted by atomic mass is 9.93. The molecule has 1 atom stereocenters. The van der Waals surface area contributed by atoms with Crippen molar-refractivity contribution in [2.75, 3.05) is 37.6 Å². The molecule has 1 amide bonds. The molecule has 1 saturated heterocycles. The minimum atomic E-state index is -0.876. The molecular formula is C29H36N4O4. The number of aliphatic hydroxyl groups excluding tert-OH is 1. The summed E-state index contributed by atoms with van der Waals surface area (Å²) in [4.78, 5) is 21.5. The molecule has 8 heteroatoms. The smallest absolute Gasteiger partial charge is 0.227 e. The van der Waals surface area contributed by atoms with Crippen LogP contribution in [0.1, 0.15) is 36.6 Å². The van der Waals surface area contributed by atoms with Crippen LogP contribution in [0.15, 0.2) is 66.9 Å². The van der Waals surface area contributed by atoms with Crippen molar-refractivity contribution in [1.82, 2.24) is 15.2 Å². The fraction of sp³-hybridized carbons (Fsp3) is 0.379. The predicted octanol–water partition coefficient (Wildman–Crippen LogP) is 3.03. The number of pyridine rings is 1. The first-order valence-electron chi connectivity index (χ1n) is 12.7. The van der Waals surface area contributed by atoms with E-state index in [2.05, 4.69) is 35.1 Å². The Bertz CT molecular complexity index is 1170. The van der Waals surface area contributed by atoms with E-state index in [1.807, 2.05) is 41.3 Å². The van der Waals surface area contributed by atoms with Crippen LogP contribution in [0.2, 0.25) is 0 Å². The summed E-state index contributed by atoms with van der Waals surface area (Å²) in [6, 6.07) is 18.1. The number of hydrogen-bond acceptors (Lipinski definition) is 7. The van der Waals surface area contributed by atoms with E-state index in [1.54, 1.807) is 6.20 Å². The molecular weight excluding hydrogens is 468 g/mol. The van der Waals surface area contributed by atoms with Crippen molar-refractivity contribution in [3.8, 4) is 11.5 Å². The molecule has 0 spiro atoms. The second-order valence-corrected chi connectivity index (χ2v) is 10.3. The molecule has 2 aromatic carbocycles. The minimum Gasteiger partial charge on any atom is -0.508 e. The predicted molar refractivity (Wildman–Crippen MR) is 144 cm³/mol. The Morgan fingerprint density at radius 3 is 2.35 bits per heavy atom. The minimum absolute atomic E-state index is 0.0882. The van der Waals surface area contributed by atoms with Crippen molar-refractivity contribution in [3.05, 3.63) is 83.6 Å². The van der Waals surface area contributed by atoms with Crippen LogP contribution in [0, 0.1) is 0 Å². The summed E-state index contributed by atoms with van der Waals surface area (Å²) < 4.78 is 0. The van der Waals surface area contributed by atoms with Crippen LogP contribution in [-0.2, 0) is 17.6 Å². The largest absolute Gasteiger partial charge is 0.508 e. The van der Waals surface area contributed by atoms with E-state index in [9.17, 15) is 20.1 Å². The highest BCUT2D eigenvalue weighted by Gasteiger charge is 2.23. The zero-order chi connectivity index (χ0) is 26.4. The molecule has 37 heavy (non-hydrogen) atoms. The average Bonchev–Trinajstić information content (AvgIpc) is 2.87. The molecule has 1 unspecified atom stereocenters. The first kappa shape index (κ1) is 26.4. The Morgan fingerprint density at radius 1 is 0.973 bits per heavy atom. The third-order valence-electron chi connectivity index (χ3n) is 6.68. The van der Waals surface area contributed by atoms with Gasteiger partial charge in [-0.1, -0.05) is 30.3 Å². The summed E-state index contributed by atoms with van der Waals surface area (Å²) in [5.74, 6) is 0.906. The van der Waals surface area contributed by atoms with Crippen LogP contribution in [0.3, 0.4) is 0 Å². The zero-order valence-corrected chi connectivity index (χ0v) is 21.5. The summed E-state index contributed by atoms with van der Waals surface area (Å²) >= 11 is 0. The Morgan fingerprint density at radius 2 is 1.68 bits per heavy atom. The Kier molecular flexibility index (Phi) is 8.31. The van der Waals surface area contributed by atoms with Gasteiger partial charge in [0.15, 0.2) is 0 Å². The monoisotopic (exact) mass is 504 g/mol. The Labute approximate surface area is 218 Å². The van der Waals surface area contributed by atoms with E-state index >= 15 is 0 Å². The number of nitrogens with zero attached hydrogens (tertiary/aromatic N) is 3. The molecule has 0 bridgehead atoms. The number of carbonyl (C=O) groups excluding carboxylic acids is 1. The van der Waals surface area contributed by atoms with Crippen LogP contribution >= 0.6 is 0 Å². The van der Waals surface area contributed by atoms with Gasteiger partial charge in [0.05, 0.1) is 12.5 Å². The lowest BCUT2D eigenvalue weighted by Crippen LogP contribution is -2.49. The van der Waals surface area contributed by atoms with Gasteiger partial charge in [-0.3, -0.25) is 4.79 Å². The number of phenolic OH excluding ortho intramolecular Hbond substituents is 2. The van der Waals surface area contributed by atoms with Gasteiger partial charge in [0.25, 0.3) is 0 Å². The number of nitrogens with one attached hydrogen (secondary N) is 1. The number of rotatable bonds is 9. The number of aromatic hydroxyl groups is 2. The third-order valence-corrected chi connectivity index (χ3v) is 6.68. The molecule has 8 nitrogen and oxygen atoms in total. The molecule has 0 aliphatic carbocycles. The molecule has 3 aromatic rings. The molecule has 0 radical (unpaired) electrons. The first-order valence-corrected chi connectivity index (χ1v) is 12.7. The van der Waals surface area contributed by atoms with Gasteiger partial charge >= 0.3 is 0 Å². The lowest BCUT2D eigenvalue weighted by molar-refractivity contribution is -0.130. The van der Waals surface area contributed by atoms with Crippen molar-refractivity contribution < 1.29 is 20.1 Å². The summed E-state index contributed by atoms with van der Waals surface area (Å²) in [5.41, 5.74) is 2.21. The fourth-order valence-electron chi connectivity index (χ4n) is 4.74. The van der Waals surface area contributed by atoms with E-state index in [0.717, 1.165) is 30.0 Å². The van der Waals surface area contributed by atoms with Gasteiger partial charge < -0.3 is 30.4 Å². The highest BCUT2D eigenvalue weighted by molar-refractivity contribution is 5.79. The summed E-state index contributed by atoms with van der Waals surface area (Å²) in [6.07, 6.45) is 1.99. The van der Waals surface area contributed by atoms with Gasteiger partial charge in [-0.05, 0) is 61.2 Å². The molecule has 0 saturated carbocycles. The Balaban J connectivity index is 1.28. The number of aliphatic hydroxyl groups is 1. The maximum atomic E-state index is 13.0. The SMILES string of the molecule is CC(C)(Cc1cccc(CC(=O)N2CCN(c3ccccn3)CC2)c1)NCC(O)c1cc(O)cc(O)c1. The number of piperazine rings is 1. The van der Waals surface area contributed by atoms with Gasteiger partial charge in [0.2, 0.25) is 5.91 Å². The summed E-state index contributed by atoms with van der Waals surface area (Å²) in [7, 11) is 0. The number of hydrogen-bond donors (Lipinski definition) is 4. The van der Waals surface area contributed by atoms with Gasteiger partial charge in [-0.25, -0.2) is 4.98 Å². The quantitative estimate of drug-likeness (QED) is 0.355. The van der Waals surface area contributed by atoms with Crippen molar-refractivity contribution in [3.63, 3.8) is 0 Å². The maximum absolute atomic E-state index is 13.0. The second kappa shape index (κ2) is 11.6. The lowest BCUT2D eigenvalue weighted by Gasteiger charge is -2.35. The van der Waals surface area contributed by atoms with Gasteiger partial charge in [0.1, 0.15) is 17.3 Å².